The number of hydrogen-bond acceptors (Lipinski definition) is 2. The highest BCUT2D eigenvalue weighted by Crippen LogP contribution is 2.44. The number of hydrogen-bond donors (Lipinski definition) is 2. The minimum atomic E-state index is -2.95. The van der Waals surface area contributed by atoms with E-state index in [1.165, 1.54) is 0 Å². The molecule has 0 aromatic rings. The van der Waals surface area contributed by atoms with Crippen LogP contribution < -0.4 is 0 Å². The summed E-state index contributed by atoms with van der Waals surface area (Å²) in [5.41, 5.74) is 0. The van der Waals surface area contributed by atoms with E-state index in [9.17, 15) is 4.39 Å². The Hall–Kier alpha value is 0.490. The van der Waals surface area contributed by atoms with E-state index >= 15 is 0 Å². The zero-order valence-electron chi connectivity index (χ0n) is 4.18. The molecule has 5 heteroatoms. The lowest BCUT2D eigenvalue weighted by molar-refractivity contribution is 0.468. The van der Waals surface area contributed by atoms with Crippen LogP contribution in [-0.4, -0.2) is 21.5 Å². The zero-order chi connectivity index (χ0) is 6.62. The second-order valence-electron chi connectivity index (χ2n) is 1.33. The van der Waals surface area contributed by atoms with Crippen LogP contribution in [0, 0.1) is 0 Å². The van der Waals surface area contributed by atoms with Gasteiger partial charge in [-0.05, 0) is 6.42 Å². The average Bonchev–Trinajstić information content (AvgIpc) is 1.59. The van der Waals surface area contributed by atoms with Crippen molar-refractivity contribution in [2.24, 2.45) is 0 Å². The normalized spacial score (nSPS) is 14.0. The van der Waals surface area contributed by atoms with Crippen LogP contribution in [0.25, 0.3) is 0 Å². The quantitative estimate of drug-likeness (QED) is 0.668. The van der Waals surface area contributed by atoms with Crippen LogP contribution in [0.1, 0.15) is 6.42 Å². The SMILES string of the molecule is OS(O)(Cl)CCCF. The van der Waals surface area contributed by atoms with E-state index in [0.717, 1.165) is 0 Å². The van der Waals surface area contributed by atoms with Gasteiger partial charge in [0, 0.05) is 10.7 Å². The van der Waals surface area contributed by atoms with Crippen molar-refractivity contribution >= 4 is 20.5 Å². The lowest BCUT2D eigenvalue weighted by atomic mass is 10.6. The van der Waals surface area contributed by atoms with Crippen LogP contribution >= 0.6 is 20.5 Å². The fourth-order valence-corrected chi connectivity index (χ4v) is 1.04. The number of alkyl halides is 1. The molecular weight excluding hydrogens is 155 g/mol. The molecule has 0 radical (unpaired) electrons. The number of halogens is 2. The summed E-state index contributed by atoms with van der Waals surface area (Å²) in [5, 5.41) is 0. The third kappa shape index (κ3) is 6.49. The molecule has 0 heterocycles. The molecule has 0 bridgehead atoms. The molecule has 0 aliphatic rings. The van der Waals surface area contributed by atoms with Crippen molar-refractivity contribution in [1.29, 1.82) is 0 Å². The summed E-state index contributed by atoms with van der Waals surface area (Å²) in [6, 6.07) is 0. The van der Waals surface area contributed by atoms with E-state index in [4.69, 9.17) is 19.8 Å². The molecule has 0 atom stereocenters. The fraction of sp³-hybridized carbons (Fsp3) is 1.00. The van der Waals surface area contributed by atoms with Crippen LogP contribution in [-0.2, 0) is 0 Å². The Morgan fingerprint density at radius 2 is 2.00 bits per heavy atom. The molecule has 2 nitrogen and oxygen atoms in total. The Labute approximate surface area is 53.5 Å². The highest BCUT2D eigenvalue weighted by Gasteiger charge is 2.04. The van der Waals surface area contributed by atoms with E-state index in [1.54, 1.807) is 0 Å². The second-order valence-corrected chi connectivity index (χ2v) is 4.40. The summed E-state index contributed by atoms with van der Waals surface area (Å²) in [5.74, 6) is -0.0505. The first-order valence-corrected chi connectivity index (χ1v) is 4.62. The van der Waals surface area contributed by atoms with Crippen LogP contribution in [0.4, 0.5) is 4.39 Å². The maximum Gasteiger partial charge on any atom is 0.0909 e. The van der Waals surface area contributed by atoms with Crippen LogP contribution in [0.2, 0.25) is 0 Å². The molecule has 0 rings (SSSR count). The van der Waals surface area contributed by atoms with Crippen LogP contribution in [0.3, 0.4) is 0 Å². The number of rotatable bonds is 3. The predicted octanol–water partition coefficient (Wildman–Crippen LogP) is 2.25. The van der Waals surface area contributed by atoms with Crippen molar-refractivity contribution < 1.29 is 13.5 Å². The van der Waals surface area contributed by atoms with Crippen molar-refractivity contribution in [3.05, 3.63) is 0 Å². The zero-order valence-corrected chi connectivity index (χ0v) is 5.75. The molecule has 8 heavy (non-hydrogen) atoms. The van der Waals surface area contributed by atoms with E-state index in [2.05, 4.69) is 0 Å². The maximum atomic E-state index is 11.3. The third-order valence-corrected chi connectivity index (χ3v) is 1.81. The van der Waals surface area contributed by atoms with Gasteiger partial charge >= 0.3 is 0 Å². The molecule has 0 saturated heterocycles. The van der Waals surface area contributed by atoms with Gasteiger partial charge in [0.2, 0.25) is 0 Å². The summed E-state index contributed by atoms with van der Waals surface area (Å²) in [6.45, 7) is -0.553. The molecular formula is C3H8ClFO2S. The summed E-state index contributed by atoms with van der Waals surface area (Å²) in [7, 11) is 1.99. The molecule has 0 unspecified atom stereocenters. The Balaban J connectivity index is 3.11. The van der Waals surface area contributed by atoms with Crippen molar-refractivity contribution in [2.45, 2.75) is 6.42 Å². The lowest BCUT2D eigenvalue weighted by Gasteiger charge is -2.21. The van der Waals surface area contributed by atoms with Crippen LogP contribution in [0.15, 0.2) is 0 Å². The Bertz CT molecular complexity index is 64.8. The first-order chi connectivity index (χ1) is 3.56. The third-order valence-electron chi connectivity index (χ3n) is 0.538. The molecule has 0 spiro atoms. The van der Waals surface area contributed by atoms with Gasteiger partial charge in [-0.25, -0.2) is 0 Å². The topological polar surface area (TPSA) is 40.5 Å². The highest BCUT2D eigenvalue weighted by molar-refractivity contribution is 8.43. The lowest BCUT2D eigenvalue weighted by Crippen LogP contribution is -1.94. The Kier molecular flexibility index (Phi) is 3.72. The summed E-state index contributed by atoms with van der Waals surface area (Å²) in [6.07, 6.45) is 0.117. The first kappa shape index (κ1) is 8.49. The van der Waals surface area contributed by atoms with Gasteiger partial charge < -0.3 is 0 Å². The maximum absolute atomic E-state index is 11.3. The Morgan fingerprint density at radius 3 is 2.12 bits per heavy atom. The van der Waals surface area contributed by atoms with Gasteiger partial charge in [0.1, 0.15) is 0 Å². The molecule has 0 aromatic heterocycles. The van der Waals surface area contributed by atoms with E-state index in [0.29, 0.717) is 0 Å². The van der Waals surface area contributed by atoms with E-state index in [1.807, 2.05) is 0 Å². The minimum absolute atomic E-state index is 0.0505. The molecule has 0 fully saturated rings. The van der Waals surface area contributed by atoms with Gasteiger partial charge in [-0.3, -0.25) is 13.5 Å². The smallest absolute Gasteiger partial charge is 0.0909 e. The summed E-state index contributed by atoms with van der Waals surface area (Å²) < 4.78 is 28.0. The van der Waals surface area contributed by atoms with Crippen molar-refractivity contribution in [3.63, 3.8) is 0 Å². The minimum Gasteiger partial charge on any atom is -0.285 e. The first-order valence-electron chi connectivity index (χ1n) is 2.08. The fourth-order valence-electron chi connectivity index (χ4n) is 0.238. The van der Waals surface area contributed by atoms with Gasteiger partial charge in [0.25, 0.3) is 0 Å². The van der Waals surface area contributed by atoms with E-state index < -0.39 is 16.5 Å². The molecule has 0 aromatic carbocycles. The summed E-state index contributed by atoms with van der Waals surface area (Å²) in [4.78, 5) is 0. The standard InChI is InChI=1S/C3H8ClFO2S/c4-8(6,7)3-1-2-5/h6-7H,1-3H2. The second kappa shape index (κ2) is 3.50. The highest BCUT2D eigenvalue weighted by atomic mass is 35.7. The van der Waals surface area contributed by atoms with Crippen molar-refractivity contribution in [3.8, 4) is 0 Å². The van der Waals surface area contributed by atoms with Crippen molar-refractivity contribution in [2.75, 3.05) is 12.4 Å². The molecule has 0 amide bonds. The largest absolute Gasteiger partial charge is 0.285 e. The molecule has 0 aliphatic carbocycles. The average molecular weight is 163 g/mol. The predicted molar refractivity (Wildman–Crippen MR) is 34.2 cm³/mol. The van der Waals surface area contributed by atoms with Gasteiger partial charge in [0.15, 0.2) is 0 Å². The van der Waals surface area contributed by atoms with Gasteiger partial charge in [0.05, 0.1) is 12.4 Å². The Morgan fingerprint density at radius 1 is 1.50 bits per heavy atom. The molecule has 0 aliphatic heterocycles. The molecule has 2 N–H and O–H groups in total. The van der Waals surface area contributed by atoms with Gasteiger partial charge in [-0.15, -0.1) is 9.80 Å². The molecule has 0 saturated carbocycles. The summed E-state index contributed by atoms with van der Waals surface area (Å²) >= 11 is 0. The molecule has 52 valence electrons. The monoisotopic (exact) mass is 162 g/mol. The van der Waals surface area contributed by atoms with Gasteiger partial charge in [-0.1, -0.05) is 0 Å². The van der Waals surface area contributed by atoms with Crippen LogP contribution in [0.5, 0.6) is 0 Å². The van der Waals surface area contributed by atoms with E-state index in [-0.39, 0.29) is 12.2 Å². The van der Waals surface area contributed by atoms with Gasteiger partial charge in [-0.2, -0.15) is 0 Å². The van der Waals surface area contributed by atoms with Crippen molar-refractivity contribution in [1.82, 2.24) is 0 Å².